The third-order valence-electron chi connectivity index (χ3n) is 4.72. The van der Waals surface area contributed by atoms with Crippen LogP contribution in [0.2, 0.25) is 0 Å². The Kier molecular flexibility index (Phi) is 3.88. The Morgan fingerprint density at radius 1 is 1.11 bits per heavy atom. The molecule has 3 heteroatoms. The van der Waals surface area contributed by atoms with E-state index < -0.39 is 0 Å². The number of carbonyl (C=O) groups is 1. The molecule has 0 aromatic carbocycles. The lowest BCUT2D eigenvalue weighted by atomic mass is 10.00. The molecule has 0 radical (unpaired) electrons. The molecule has 1 unspecified atom stereocenters. The first-order valence-electron chi connectivity index (χ1n) is 7.85. The first-order valence-corrected chi connectivity index (χ1v) is 7.85. The van der Waals surface area contributed by atoms with Crippen molar-refractivity contribution in [1.29, 1.82) is 0 Å². The zero-order valence-corrected chi connectivity index (χ0v) is 11.3. The van der Waals surface area contributed by atoms with Crippen molar-refractivity contribution in [2.24, 2.45) is 11.8 Å². The minimum Gasteiger partial charge on any atom is -0.353 e. The van der Waals surface area contributed by atoms with E-state index in [1.54, 1.807) is 0 Å². The topological polar surface area (TPSA) is 41.1 Å². The summed E-state index contributed by atoms with van der Waals surface area (Å²) in [6.07, 6.45) is 11.0. The van der Waals surface area contributed by atoms with Gasteiger partial charge in [0.15, 0.2) is 0 Å². The standard InChI is InChI=1S/C15H26N2O/c18-14(9-8-13-3-1-2-10-16-13)17-15(11-4-5-11)12-6-7-12/h11-13,15-16H,1-10H2,(H,17,18). The summed E-state index contributed by atoms with van der Waals surface area (Å²) in [5, 5.41) is 6.83. The second-order valence-corrected chi connectivity index (χ2v) is 6.45. The van der Waals surface area contributed by atoms with E-state index >= 15 is 0 Å². The first kappa shape index (κ1) is 12.5. The Labute approximate surface area is 110 Å². The molecule has 2 saturated carbocycles. The van der Waals surface area contributed by atoms with E-state index in [0.29, 0.717) is 24.4 Å². The number of nitrogens with one attached hydrogen (secondary N) is 2. The van der Waals surface area contributed by atoms with E-state index in [2.05, 4.69) is 10.6 Å². The van der Waals surface area contributed by atoms with Crippen LogP contribution in [0.5, 0.6) is 0 Å². The maximum atomic E-state index is 12.0. The Bertz CT molecular complexity index is 279. The van der Waals surface area contributed by atoms with Gasteiger partial charge in [0, 0.05) is 18.5 Å². The molecular weight excluding hydrogens is 224 g/mol. The molecule has 1 aliphatic heterocycles. The lowest BCUT2D eigenvalue weighted by Gasteiger charge is -2.24. The molecule has 1 atom stereocenters. The fraction of sp³-hybridized carbons (Fsp3) is 0.933. The van der Waals surface area contributed by atoms with Crippen LogP contribution in [0.25, 0.3) is 0 Å². The van der Waals surface area contributed by atoms with Crippen molar-refractivity contribution in [3.8, 4) is 0 Å². The van der Waals surface area contributed by atoms with Crippen molar-refractivity contribution in [3.05, 3.63) is 0 Å². The van der Waals surface area contributed by atoms with Crippen LogP contribution in [0, 0.1) is 11.8 Å². The van der Waals surface area contributed by atoms with Crippen LogP contribution >= 0.6 is 0 Å². The molecule has 3 aliphatic rings. The summed E-state index contributed by atoms with van der Waals surface area (Å²) < 4.78 is 0. The number of piperidine rings is 1. The highest BCUT2D eigenvalue weighted by atomic mass is 16.1. The summed E-state index contributed by atoms with van der Waals surface area (Å²) in [5.74, 6) is 1.93. The molecule has 1 amide bonds. The van der Waals surface area contributed by atoms with Gasteiger partial charge in [0.05, 0.1) is 0 Å². The van der Waals surface area contributed by atoms with Gasteiger partial charge >= 0.3 is 0 Å². The summed E-state index contributed by atoms with van der Waals surface area (Å²) in [7, 11) is 0. The second kappa shape index (κ2) is 5.60. The van der Waals surface area contributed by atoms with Gasteiger partial charge in [-0.3, -0.25) is 4.79 Å². The lowest BCUT2D eigenvalue weighted by molar-refractivity contribution is -0.122. The number of rotatable bonds is 6. The largest absolute Gasteiger partial charge is 0.353 e. The van der Waals surface area contributed by atoms with E-state index in [-0.39, 0.29) is 0 Å². The predicted octanol–water partition coefficient (Wildman–Crippen LogP) is 2.21. The summed E-state index contributed by atoms with van der Waals surface area (Å²) in [5.41, 5.74) is 0. The fourth-order valence-electron chi connectivity index (χ4n) is 3.27. The molecule has 2 N–H and O–H groups in total. The van der Waals surface area contributed by atoms with Gasteiger partial charge in [-0.25, -0.2) is 0 Å². The average molecular weight is 250 g/mol. The quantitative estimate of drug-likeness (QED) is 0.759. The Morgan fingerprint density at radius 3 is 2.39 bits per heavy atom. The zero-order chi connectivity index (χ0) is 12.4. The molecule has 0 spiro atoms. The highest BCUT2D eigenvalue weighted by Gasteiger charge is 2.42. The monoisotopic (exact) mass is 250 g/mol. The van der Waals surface area contributed by atoms with Crippen LogP contribution < -0.4 is 10.6 Å². The van der Waals surface area contributed by atoms with Crippen LogP contribution in [0.3, 0.4) is 0 Å². The van der Waals surface area contributed by atoms with E-state index in [1.807, 2.05) is 0 Å². The molecule has 18 heavy (non-hydrogen) atoms. The van der Waals surface area contributed by atoms with E-state index in [1.165, 1.54) is 44.9 Å². The van der Waals surface area contributed by atoms with Gasteiger partial charge in [-0.2, -0.15) is 0 Å². The Morgan fingerprint density at radius 2 is 1.83 bits per heavy atom. The normalized spacial score (nSPS) is 28.4. The molecular formula is C15H26N2O. The molecule has 1 heterocycles. The molecule has 0 aromatic rings. The minimum atomic E-state index is 0.297. The van der Waals surface area contributed by atoms with Crippen molar-refractivity contribution < 1.29 is 4.79 Å². The summed E-state index contributed by atoms with van der Waals surface area (Å²) >= 11 is 0. The van der Waals surface area contributed by atoms with Crippen LogP contribution in [0.1, 0.15) is 57.8 Å². The molecule has 3 fully saturated rings. The van der Waals surface area contributed by atoms with Gasteiger partial charge in [0.2, 0.25) is 5.91 Å². The minimum absolute atomic E-state index is 0.297. The highest BCUT2D eigenvalue weighted by molar-refractivity contribution is 5.76. The van der Waals surface area contributed by atoms with Crippen molar-refractivity contribution in [3.63, 3.8) is 0 Å². The summed E-state index contributed by atoms with van der Waals surface area (Å²) in [6, 6.07) is 1.11. The Hall–Kier alpha value is -0.570. The van der Waals surface area contributed by atoms with Gasteiger partial charge in [0.1, 0.15) is 0 Å². The molecule has 2 aliphatic carbocycles. The van der Waals surface area contributed by atoms with Crippen molar-refractivity contribution in [2.45, 2.75) is 69.9 Å². The molecule has 1 saturated heterocycles. The second-order valence-electron chi connectivity index (χ2n) is 6.45. The van der Waals surface area contributed by atoms with Crippen LogP contribution in [-0.4, -0.2) is 24.5 Å². The fourth-order valence-corrected chi connectivity index (χ4v) is 3.27. The zero-order valence-electron chi connectivity index (χ0n) is 11.3. The third-order valence-corrected chi connectivity index (χ3v) is 4.72. The van der Waals surface area contributed by atoms with Gasteiger partial charge in [0.25, 0.3) is 0 Å². The number of hydrogen-bond donors (Lipinski definition) is 2. The maximum absolute atomic E-state index is 12.0. The highest BCUT2D eigenvalue weighted by Crippen LogP contribution is 2.44. The summed E-state index contributed by atoms with van der Waals surface area (Å²) in [4.78, 5) is 12.0. The molecule has 0 aromatic heterocycles. The molecule has 102 valence electrons. The number of amides is 1. The van der Waals surface area contributed by atoms with Crippen LogP contribution in [-0.2, 0) is 4.79 Å². The molecule has 3 nitrogen and oxygen atoms in total. The number of hydrogen-bond acceptors (Lipinski definition) is 2. The smallest absolute Gasteiger partial charge is 0.220 e. The van der Waals surface area contributed by atoms with E-state index in [0.717, 1.165) is 24.8 Å². The SMILES string of the molecule is O=C(CCC1CCCCN1)NC(C1CC1)C1CC1. The maximum Gasteiger partial charge on any atom is 0.220 e. The Balaban J connectivity index is 1.37. The van der Waals surface area contributed by atoms with Crippen LogP contribution in [0.4, 0.5) is 0 Å². The van der Waals surface area contributed by atoms with Gasteiger partial charge < -0.3 is 10.6 Å². The molecule has 3 rings (SSSR count). The lowest BCUT2D eigenvalue weighted by Crippen LogP contribution is -2.40. The molecule has 0 bridgehead atoms. The average Bonchev–Trinajstić information content (AvgIpc) is 3.28. The number of carbonyl (C=O) groups excluding carboxylic acids is 1. The van der Waals surface area contributed by atoms with Crippen molar-refractivity contribution in [2.75, 3.05) is 6.54 Å². The van der Waals surface area contributed by atoms with E-state index in [9.17, 15) is 4.79 Å². The van der Waals surface area contributed by atoms with Crippen LogP contribution in [0.15, 0.2) is 0 Å². The first-order chi connectivity index (χ1) is 8.83. The van der Waals surface area contributed by atoms with E-state index in [4.69, 9.17) is 0 Å². The predicted molar refractivity (Wildman–Crippen MR) is 72.3 cm³/mol. The van der Waals surface area contributed by atoms with Crippen molar-refractivity contribution >= 4 is 5.91 Å². The summed E-state index contributed by atoms with van der Waals surface area (Å²) in [6.45, 7) is 1.14. The van der Waals surface area contributed by atoms with Gasteiger partial charge in [-0.05, 0) is 63.3 Å². The van der Waals surface area contributed by atoms with Gasteiger partial charge in [-0.15, -0.1) is 0 Å². The third kappa shape index (κ3) is 3.47. The van der Waals surface area contributed by atoms with Crippen molar-refractivity contribution in [1.82, 2.24) is 10.6 Å². The van der Waals surface area contributed by atoms with Gasteiger partial charge in [-0.1, -0.05) is 6.42 Å².